The van der Waals surface area contributed by atoms with Gasteiger partial charge in [0.1, 0.15) is 11.3 Å². The number of amides is 2. The van der Waals surface area contributed by atoms with Crippen LogP contribution in [0.4, 0.5) is 4.79 Å². The van der Waals surface area contributed by atoms with Crippen LogP contribution in [0.3, 0.4) is 0 Å². The molecule has 2 atom stereocenters. The van der Waals surface area contributed by atoms with Gasteiger partial charge in [0, 0.05) is 12.7 Å². The van der Waals surface area contributed by atoms with Gasteiger partial charge in [0.05, 0.1) is 31.0 Å². The molecule has 9 heteroatoms. The number of fused-ring (bicyclic) bond motifs is 1. The van der Waals surface area contributed by atoms with E-state index in [4.69, 9.17) is 9.47 Å². The molecular formula is C20H28N4O5. The van der Waals surface area contributed by atoms with Gasteiger partial charge in [0.25, 0.3) is 5.91 Å². The summed E-state index contributed by atoms with van der Waals surface area (Å²) < 4.78 is 12.6. The van der Waals surface area contributed by atoms with E-state index in [1.165, 1.54) is 4.90 Å². The Morgan fingerprint density at radius 1 is 1.34 bits per heavy atom. The van der Waals surface area contributed by atoms with Crippen molar-refractivity contribution >= 4 is 17.6 Å². The predicted molar refractivity (Wildman–Crippen MR) is 106 cm³/mol. The first kappa shape index (κ1) is 20.9. The van der Waals surface area contributed by atoms with Crippen molar-refractivity contribution in [1.82, 2.24) is 19.6 Å². The first-order chi connectivity index (χ1) is 13.6. The van der Waals surface area contributed by atoms with Crippen molar-refractivity contribution in [3.63, 3.8) is 0 Å². The standard InChI is InChI=1S/C20H28N4O5/c1-6-28-15-8-7-9-24-16(12(2)21-17(15)24)18(26)22-13-10-23(11-14(13)25)19(27)29-20(3,4)5/h7-9,13-14,25H,6,10-11H2,1-5H3,(H,22,26)/t13-,14-/m0/s1. The van der Waals surface area contributed by atoms with E-state index >= 15 is 0 Å². The Morgan fingerprint density at radius 2 is 2.07 bits per heavy atom. The lowest BCUT2D eigenvalue weighted by molar-refractivity contribution is 0.0269. The fourth-order valence-electron chi connectivity index (χ4n) is 3.34. The van der Waals surface area contributed by atoms with Crippen LogP contribution >= 0.6 is 0 Å². The number of aryl methyl sites for hydroxylation is 1. The number of hydrogen-bond donors (Lipinski definition) is 2. The van der Waals surface area contributed by atoms with Gasteiger partial charge in [0.2, 0.25) is 0 Å². The normalized spacial score (nSPS) is 19.4. The molecule has 0 saturated carbocycles. The van der Waals surface area contributed by atoms with Crippen LogP contribution in [-0.4, -0.2) is 68.8 Å². The molecule has 0 spiro atoms. The largest absolute Gasteiger partial charge is 0.490 e. The Bertz CT molecular complexity index is 917. The molecule has 29 heavy (non-hydrogen) atoms. The van der Waals surface area contributed by atoms with E-state index in [0.29, 0.717) is 29.4 Å². The van der Waals surface area contributed by atoms with Crippen molar-refractivity contribution in [1.29, 1.82) is 0 Å². The summed E-state index contributed by atoms with van der Waals surface area (Å²) in [5, 5.41) is 13.2. The lowest BCUT2D eigenvalue weighted by Crippen LogP contribution is -2.43. The van der Waals surface area contributed by atoms with Gasteiger partial charge in [-0.1, -0.05) is 0 Å². The van der Waals surface area contributed by atoms with Crippen LogP contribution in [-0.2, 0) is 4.74 Å². The molecule has 1 aliphatic heterocycles. The summed E-state index contributed by atoms with van der Waals surface area (Å²) in [7, 11) is 0. The fourth-order valence-corrected chi connectivity index (χ4v) is 3.34. The Hall–Kier alpha value is -2.81. The topological polar surface area (TPSA) is 105 Å². The Labute approximate surface area is 169 Å². The minimum absolute atomic E-state index is 0.0977. The lowest BCUT2D eigenvalue weighted by atomic mass is 10.2. The quantitative estimate of drug-likeness (QED) is 0.804. The summed E-state index contributed by atoms with van der Waals surface area (Å²) in [6.45, 7) is 9.72. The number of hydrogen-bond acceptors (Lipinski definition) is 6. The number of β-amino-alcohol motifs (C(OH)–C–C–N with tert-alkyl or cyclic N) is 1. The van der Waals surface area contributed by atoms with Crippen LogP contribution in [0, 0.1) is 6.92 Å². The van der Waals surface area contributed by atoms with Crippen molar-refractivity contribution in [3.05, 3.63) is 29.7 Å². The third-order valence-electron chi connectivity index (χ3n) is 4.56. The van der Waals surface area contributed by atoms with E-state index < -0.39 is 23.8 Å². The van der Waals surface area contributed by atoms with Crippen molar-refractivity contribution in [2.75, 3.05) is 19.7 Å². The molecule has 0 bridgehead atoms. The van der Waals surface area contributed by atoms with E-state index in [2.05, 4.69) is 10.3 Å². The number of imidazole rings is 1. The molecule has 2 N–H and O–H groups in total. The third-order valence-corrected chi connectivity index (χ3v) is 4.56. The van der Waals surface area contributed by atoms with Gasteiger partial charge in [-0.25, -0.2) is 9.78 Å². The summed E-state index contributed by atoms with van der Waals surface area (Å²) in [6.07, 6.45) is 0.343. The van der Waals surface area contributed by atoms with Crippen LogP contribution < -0.4 is 10.1 Å². The highest BCUT2D eigenvalue weighted by Gasteiger charge is 2.37. The van der Waals surface area contributed by atoms with Crippen molar-refractivity contribution < 1.29 is 24.2 Å². The second-order valence-electron chi connectivity index (χ2n) is 8.08. The molecule has 2 amide bonds. The number of pyridine rings is 1. The number of carbonyl (C=O) groups is 2. The molecule has 2 aromatic rings. The van der Waals surface area contributed by atoms with Crippen LogP contribution in [0.1, 0.15) is 43.9 Å². The fraction of sp³-hybridized carbons (Fsp3) is 0.550. The minimum atomic E-state index is -0.884. The van der Waals surface area contributed by atoms with E-state index in [1.807, 2.05) is 6.92 Å². The Kier molecular flexibility index (Phi) is 5.70. The van der Waals surface area contributed by atoms with Gasteiger partial charge >= 0.3 is 6.09 Å². The number of carbonyl (C=O) groups excluding carboxylic acids is 2. The molecule has 2 aromatic heterocycles. The number of aliphatic hydroxyl groups is 1. The zero-order valence-electron chi connectivity index (χ0n) is 17.4. The van der Waals surface area contributed by atoms with Crippen molar-refractivity contribution in [3.8, 4) is 5.75 Å². The molecule has 0 aliphatic carbocycles. The number of aliphatic hydroxyl groups excluding tert-OH is 1. The second-order valence-corrected chi connectivity index (χ2v) is 8.08. The molecular weight excluding hydrogens is 376 g/mol. The Morgan fingerprint density at radius 3 is 2.72 bits per heavy atom. The highest BCUT2D eigenvalue weighted by Crippen LogP contribution is 2.23. The number of likely N-dealkylation sites (tertiary alicyclic amines) is 1. The lowest BCUT2D eigenvalue weighted by Gasteiger charge is -2.24. The van der Waals surface area contributed by atoms with Gasteiger partial charge < -0.3 is 24.8 Å². The third kappa shape index (κ3) is 4.45. The summed E-state index contributed by atoms with van der Waals surface area (Å²) >= 11 is 0. The number of nitrogens with zero attached hydrogens (tertiary/aromatic N) is 3. The number of rotatable bonds is 4. The molecule has 1 fully saturated rings. The maximum Gasteiger partial charge on any atom is 0.410 e. The van der Waals surface area contributed by atoms with Crippen molar-refractivity contribution in [2.24, 2.45) is 0 Å². The van der Waals surface area contributed by atoms with Crippen LogP contribution in [0.2, 0.25) is 0 Å². The number of nitrogens with one attached hydrogen (secondary N) is 1. The van der Waals surface area contributed by atoms with Gasteiger partial charge in [-0.05, 0) is 46.8 Å². The Balaban J connectivity index is 1.76. The molecule has 0 aromatic carbocycles. The molecule has 0 radical (unpaired) electrons. The van der Waals surface area contributed by atoms with Crippen LogP contribution in [0.25, 0.3) is 5.65 Å². The predicted octanol–water partition coefficient (Wildman–Crippen LogP) is 1.75. The smallest absolute Gasteiger partial charge is 0.410 e. The average Bonchev–Trinajstić information content (AvgIpc) is 3.14. The molecule has 9 nitrogen and oxygen atoms in total. The SMILES string of the molecule is CCOc1cccn2c(C(=O)N[C@H]3CN(C(=O)OC(C)(C)C)C[C@@H]3O)c(C)nc12. The second kappa shape index (κ2) is 7.90. The van der Waals surface area contributed by atoms with Gasteiger partial charge in [-0.3, -0.25) is 9.20 Å². The zero-order valence-corrected chi connectivity index (χ0v) is 17.4. The monoisotopic (exact) mass is 404 g/mol. The number of aromatic nitrogens is 2. The zero-order chi connectivity index (χ0) is 21.3. The van der Waals surface area contributed by atoms with E-state index in [0.717, 1.165) is 0 Å². The minimum Gasteiger partial charge on any atom is -0.490 e. The van der Waals surface area contributed by atoms with E-state index in [1.54, 1.807) is 50.4 Å². The molecule has 3 heterocycles. The summed E-state index contributed by atoms with van der Waals surface area (Å²) in [5.74, 6) is 0.216. The molecule has 158 valence electrons. The highest BCUT2D eigenvalue weighted by atomic mass is 16.6. The van der Waals surface area contributed by atoms with Gasteiger partial charge in [-0.2, -0.15) is 0 Å². The van der Waals surface area contributed by atoms with Crippen LogP contribution in [0.15, 0.2) is 18.3 Å². The molecule has 0 unspecified atom stereocenters. The molecule has 3 rings (SSSR count). The average molecular weight is 404 g/mol. The van der Waals surface area contributed by atoms with Crippen LogP contribution in [0.5, 0.6) is 5.75 Å². The van der Waals surface area contributed by atoms with Gasteiger partial charge in [0.15, 0.2) is 11.4 Å². The van der Waals surface area contributed by atoms with Crippen molar-refractivity contribution in [2.45, 2.75) is 52.4 Å². The molecule has 1 aliphatic rings. The summed E-state index contributed by atoms with van der Waals surface area (Å²) in [5.41, 5.74) is 0.838. The van der Waals surface area contributed by atoms with E-state index in [9.17, 15) is 14.7 Å². The maximum absolute atomic E-state index is 13.0. The summed E-state index contributed by atoms with van der Waals surface area (Å²) in [4.78, 5) is 31.1. The first-order valence-corrected chi connectivity index (χ1v) is 9.68. The van der Waals surface area contributed by atoms with Gasteiger partial charge in [-0.15, -0.1) is 0 Å². The van der Waals surface area contributed by atoms with E-state index in [-0.39, 0.29) is 19.0 Å². The maximum atomic E-state index is 13.0. The number of ether oxygens (including phenoxy) is 2. The molecule has 1 saturated heterocycles. The highest BCUT2D eigenvalue weighted by molar-refractivity contribution is 5.95. The summed E-state index contributed by atoms with van der Waals surface area (Å²) in [6, 6.07) is 2.98. The first-order valence-electron chi connectivity index (χ1n) is 9.68.